The quantitative estimate of drug-likeness (QED) is 0.698. The number of hydrogen-bond donors (Lipinski definition) is 1. The van der Waals surface area contributed by atoms with E-state index in [1.165, 1.54) is 5.56 Å². The number of hydrogen-bond acceptors (Lipinski definition) is 2. The van der Waals surface area contributed by atoms with E-state index in [2.05, 4.69) is 11.9 Å². The lowest BCUT2D eigenvalue weighted by Crippen LogP contribution is -2.08. The number of rotatable bonds is 2. The first kappa shape index (κ1) is 8.21. The molecule has 2 heteroatoms. The first-order valence-corrected chi connectivity index (χ1v) is 3.92. The van der Waals surface area contributed by atoms with Crippen LogP contribution >= 0.6 is 0 Å². The molecule has 1 heterocycles. The minimum absolute atomic E-state index is 0.164. The third-order valence-electron chi connectivity index (χ3n) is 1.79. The minimum Gasteiger partial charge on any atom is -0.324 e. The van der Waals surface area contributed by atoms with Crippen molar-refractivity contribution < 1.29 is 0 Å². The molecule has 0 aliphatic carbocycles. The van der Waals surface area contributed by atoms with Gasteiger partial charge in [-0.3, -0.25) is 4.98 Å². The van der Waals surface area contributed by atoms with Crippen LogP contribution in [0.4, 0.5) is 0 Å². The summed E-state index contributed by atoms with van der Waals surface area (Å²) in [4.78, 5) is 4.10. The van der Waals surface area contributed by atoms with Crippen molar-refractivity contribution in [1.82, 2.24) is 4.98 Å². The second kappa shape index (κ2) is 3.49. The van der Waals surface area contributed by atoms with Crippen molar-refractivity contribution in [2.75, 3.05) is 0 Å². The Kier molecular flexibility index (Phi) is 2.60. The highest BCUT2D eigenvalue weighted by atomic mass is 14.7. The predicted octanol–water partition coefficient (Wildman–Crippen LogP) is 1.80. The molecule has 0 saturated heterocycles. The highest BCUT2D eigenvalue weighted by molar-refractivity contribution is 5.18. The average Bonchev–Trinajstić information content (AvgIpc) is 2.03. The highest BCUT2D eigenvalue weighted by Gasteiger charge is 2.01. The zero-order valence-electron chi connectivity index (χ0n) is 7.04. The molecule has 0 amide bonds. The molecule has 1 rings (SSSR count). The van der Waals surface area contributed by atoms with E-state index in [4.69, 9.17) is 5.73 Å². The van der Waals surface area contributed by atoms with E-state index in [0.29, 0.717) is 0 Å². The van der Waals surface area contributed by atoms with Gasteiger partial charge in [-0.25, -0.2) is 0 Å². The van der Waals surface area contributed by atoms with Crippen LogP contribution < -0.4 is 5.73 Å². The van der Waals surface area contributed by atoms with Crippen LogP contribution in [0.2, 0.25) is 0 Å². The lowest BCUT2D eigenvalue weighted by atomic mass is 10.1. The van der Waals surface area contributed by atoms with Crippen molar-refractivity contribution in [2.45, 2.75) is 26.3 Å². The van der Waals surface area contributed by atoms with E-state index in [0.717, 1.165) is 12.1 Å². The Hall–Kier alpha value is -0.890. The third kappa shape index (κ3) is 2.02. The van der Waals surface area contributed by atoms with Gasteiger partial charge in [-0.05, 0) is 31.0 Å². The third-order valence-corrected chi connectivity index (χ3v) is 1.79. The van der Waals surface area contributed by atoms with Gasteiger partial charge in [0.15, 0.2) is 0 Å². The van der Waals surface area contributed by atoms with Crippen molar-refractivity contribution in [2.24, 2.45) is 5.73 Å². The van der Waals surface area contributed by atoms with Gasteiger partial charge < -0.3 is 5.73 Å². The largest absolute Gasteiger partial charge is 0.324 e. The normalized spacial score (nSPS) is 13.0. The van der Waals surface area contributed by atoms with Crippen molar-refractivity contribution in [3.8, 4) is 0 Å². The summed E-state index contributed by atoms with van der Waals surface area (Å²) < 4.78 is 0. The Morgan fingerprint density at radius 3 is 2.91 bits per heavy atom. The maximum Gasteiger partial charge on any atom is 0.0375 e. The molecule has 2 nitrogen and oxygen atoms in total. The molecule has 0 aliphatic rings. The molecule has 0 fully saturated rings. The van der Waals surface area contributed by atoms with Gasteiger partial charge in [0.05, 0.1) is 0 Å². The lowest BCUT2D eigenvalue weighted by Gasteiger charge is -2.08. The summed E-state index contributed by atoms with van der Waals surface area (Å²) in [5.41, 5.74) is 8.05. The zero-order chi connectivity index (χ0) is 8.27. The fraction of sp³-hybridized carbons (Fsp3) is 0.444. The number of nitrogens with two attached hydrogens (primary N) is 1. The number of nitrogens with zero attached hydrogens (tertiary/aromatic N) is 1. The van der Waals surface area contributed by atoms with Crippen molar-refractivity contribution in [3.05, 3.63) is 29.6 Å². The topological polar surface area (TPSA) is 38.9 Å². The van der Waals surface area contributed by atoms with Gasteiger partial charge in [-0.1, -0.05) is 6.92 Å². The fourth-order valence-corrected chi connectivity index (χ4v) is 1.03. The molecule has 2 N–H and O–H groups in total. The van der Waals surface area contributed by atoms with Crippen LogP contribution in [-0.2, 0) is 0 Å². The van der Waals surface area contributed by atoms with Crippen LogP contribution in [0.15, 0.2) is 18.3 Å². The van der Waals surface area contributed by atoms with E-state index >= 15 is 0 Å². The summed E-state index contributed by atoms with van der Waals surface area (Å²) in [6, 6.07) is 4.17. The minimum atomic E-state index is 0.164. The molecule has 0 spiro atoms. The number of pyridine rings is 1. The van der Waals surface area contributed by atoms with Crippen LogP contribution in [-0.4, -0.2) is 4.98 Å². The molecule has 11 heavy (non-hydrogen) atoms. The zero-order valence-corrected chi connectivity index (χ0v) is 7.04. The van der Waals surface area contributed by atoms with Crippen LogP contribution in [0, 0.1) is 6.92 Å². The lowest BCUT2D eigenvalue weighted by molar-refractivity contribution is 0.696. The van der Waals surface area contributed by atoms with Crippen molar-refractivity contribution >= 4 is 0 Å². The van der Waals surface area contributed by atoms with Crippen LogP contribution in [0.3, 0.4) is 0 Å². The molecule has 0 saturated carbocycles. The Morgan fingerprint density at radius 1 is 1.64 bits per heavy atom. The van der Waals surface area contributed by atoms with Gasteiger partial charge >= 0.3 is 0 Å². The van der Waals surface area contributed by atoms with Crippen LogP contribution in [0.25, 0.3) is 0 Å². The molecular weight excluding hydrogens is 136 g/mol. The summed E-state index contributed by atoms with van der Waals surface area (Å²) in [7, 11) is 0. The molecule has 0 aromatic carbocycles. The molecule has 1 aromatic heterocycles. The van der Waals surface area contributed by atoms with E-state index < -0.39 is 0 Å². The maximum absolute atomic E-state index is 5.84. The Labute approximate surface area is 67.5 Å². The van der Waals surface area contributed by atoms with Gasteiger partial charge in [0.1, 0.15) is 0 Å². The predicted molar refractivity (Wildman–Crippen MR) is 46.2 cm³/mol. The highest BCUT2D eigenvalue weighted by Crippen LogP contribution is 2.12. The molecule has 0 aliphatic heterocycles. The second-order valence-electron chi connectivity index (χ2n) is 2.75. The molecule has 1 atom stereocenters. The van der Waals surface area contributed by atoms with E-state index in [1.807, 2.05) is 19.1 Å². The molecule has 1 aromatic rings. The van der Waals surface area contributed by atoms with Gasteiger partial charge in [-0.2, -0.15) is 0 Å². The van der Waals surface area contributed by atoms with Gasteiger partial charge in [0.2, 0.25) is 0 Å². The van der Waals surface area contributed by atoms with E-state index in [1.54, 1.807) is 6.20 Å². The second-order valence-corrected chi connectivity index (χ2v) is 2.75. The maximum atomic E-state index is 5.84. The summed E-state index contributed by atoms with van der Waals surface area (Å²) in [5, 5.41) is 0. The molecular formula is C9H14N2. The fourth-order valence-electron chi connectivity index (χ4n) is 1.03. The Bertz CT molecular complexity index is 233. The SMILES string of the molecule is CC[C@H](N)c1ccnc(C)c1. The Morgan fingerprint density at radius 2 is 2.36 bits per heavy atom. The van der Waals surface area contributed by atoms with E-state index in [9.17, 15) is 0 Å². The number of aryl methyl sites for hydroxylation is 1. The molecule has 0 radical (unpaired) electrons. The summed E-state index contributed by atoms with van der Waals surface area (Å²) in [6.07, 6.45) is 2.78. The average molecular weight is 150 g/mol. The molecule has 60 valence electrons. The summed E-state index contributed by atoms with van der Waals surface area (Å²) >= 11 is 0. The standard InChI is InChI=1S/C9H14N2/c1-3-9(10)8-4-5-11-7(2)6-8/h4-6,9H,3,10H2,1-2H3/t9-/m0/s1. The van der Waals surface area contributed by atoms with Crippen molar-refractivity contribution in [1.29, 1.82) is 0 Å². The van der Waals surface area contributed by atoms with E-state index in [-0.39, 0.29) is 6.04 Å². The summed E-state index contributed by atoms with van der Waals surface area (Å²) in [6.45, 7) is 4.06. The van der Waals surface area contributed by atoms with Gasteiger partial charge in [-0.15, -0.1) is 0 Å². The Balaban J connectivity index is 2.86. The first-order chi connectivity index (χ1) is 5.24. The molecule has 0 bridgehead atoms. The number of aromatic nitrogens is 1. The first-order valence-electron chi connectivity index (χ1n) is 3.92. The summed E-state index contributed by atoms with van der Waals surface area (Å²) in [5.74, 6) is 0. The smallest absolute Gasteiger partial charge is 0.0375 e. The monoisotopic (exact) mass is 150 g/mol. The molecule has 0 unspecified atom stereocenters. The van der Waals surface area contributed by atoms with Crippen molar-refractivity contribution in [3.63, 3.8) is 0 Å². The van der Waals surface area contributed by atoms with Crippen LogP contribution in [0.5, 0.6) is 0 Å². The van der Waals surface area contributed by atoms with Gasteiger partial charge in [0, 0.05) is 17.9 Å². The van der Waals surface area contributed by atoms with Crippen LogP contribution in [0.1, 0.15) is 30.6 Å². The van der Waals surface area contributed by atoms with Gasteiger partial charge in [0.25, 0.3) is 0 Å².